The summed E-state index contributed by atoms with van der Waals surface area (Å²) in [6.45, 7) is 2.22. The van der Waals surface area contributed by atoms with Crippen LogP contribution in [0, 0.1) is 0 Å². The summed E-state index contributed by atoms with van der Waals surface area (Å²) in [5.41, 5.74) is 2.14. The first kappa shape index (κ1) is 15.0. The predicted molar refractivity (Wildman–Crippen MR) is 87.2 cm³/mol. The molecule has 0 N–H and O–H groups in total. The number of carbonyl (C=O) groups excluding carboxylic acids is 1. The first-order valence-electron chi connectivity index (χ1n) is 7.01. The Bertz CT molecular complexity index is 563. The van der Waals surface area contributed by atoms with Gasteiger partial charge in [0, 0.05) is 16.5 Å². The van der Waals surface area contributed by atoms with Gasteiger partial charge in [-0.1, -0.05) is 71.4 Å². The zero-order valence-corrected chi connectivity index (χ0v) is 13.3. The number of Topliss-reactive ketones (excluding diaryl/α,β-unsaturated/α-hetero) is 1. The van der Waals surface area contributed by atoms with E-state index in [-0.39, 0.29) is 5.78 Å². The SMILES string of the molecule is C[C@H](CCCC(=O)c1ccccc1)c1ccccc1Br. The lowest BCUT2D eigenvalue weighted by Gasteiger charge is -2.13. The Hall–Kier alpha value is -1.41. The minimum absolute atomic E-state index is 0.241. The van der Waals surface area contributed by atoms with E-state index in [0.29, 0.717) is 12.3 Å². The number of halogens is 1. The molecular formula is C18H19BrO. The van der Waals surface area contributed by atoms with Crippen LogP contribution in [0.1, 0.15) is 48.0 Å². The lowest BCUT2D eigenvalue weighted by Crippen LogP contribution is -2.01. The van der Waals surface area contributed by atoms with Gasteiger partial charge in [-0.25, -0.2) is 0 Å². The third-order valence-electron chi connectivity index (χ3n) is 3.57. The topological polar surface area (TPSA) is 17.1 Å². The molecule has 0 heterocycles. The molecule has 0 spiro atoms. The molecule has 2 heteroatoms. The van der Waals surface area contributed by atoms with Crippen LogP contribution >= 0.6 is 15.9 Å². The molecule has 1 atom stereocenters. The van der Waals surface area contributed by atoms with E-state index >= 15 is 0 Å². The van der Waals surface area contributed by atoms with E-state index in [2.05, 4.69) is 41.1 Å². The van der Waals surface area contributed by atoms with Crippen molar-refractivity contribution in [3.63, 3.8) is 0 Å². The molecule has 0 saturated heterocycles. The van der Waals surface area contributed by atoms with Crippen LogP contribution in [-0.4, -0.2) is 5.78 Å². The molecule has 0 aliphatic heterocycles. The second kappa shape index (κ2) is 7.39. The van der Waals surface area contributed by atoms with Crippen molar-refractivity contribution in [1.29, 1.82) is 0 Å². The Labute approximate surface area is 129 Å². The summed E-state index contributed by atoms with van der Waals surface area (Å²) in [4.78, 5) is 12.0. The third kappa shape index (κ3) is 4.04. The van der Waals surface area contributed by atoms with Crippen molar-refractivity contribution >= 4 is 21.7 Å². The fraction of sp³-hybridized carbons (Fsp3) is 0.278. The van der Waals surface area contributed by atoms with Crippen LogP contribution in [0.5, 0.6) is 0 Å². The Kier molecular flexibility index (Phi) is 5.54. The summed E-state index contributed by atoms with van der Waals surface area (Å²) in [7, 11) is 0. The zero-order chi connectivity index (χ0) is 14.4. The van der Waals surface area contributed by atoms with E-state index in [4.69, 9.17) is 0 Å². The second-order valence-corrected chi connectivity index (χ2v) is 5.96. The number of carbonyl (C=O) groups is 1. The fourth-order valence-electron chi connectivity index (χ4n) is 2.37. The van der Waals surface area contributed by atoms with Crippen molar-refractivity contribution in [1.82, 2.24) is 0 Å². The zero-order valence-electron chi connectivity index (χ0n) is 11.7. The summed E-state index contributed by atoms with van der Waals surface area (Å²) in [6.07, 6.45) is 2.58. The molecule has 0 aromatic heterocycles. The van der Waals surface area contributed by atoms with Gasteiger partial charge in [0.05, 0.1) is 0 Å². The van der Waals surface area contributed by atoms with Gasteiger partial charge < -0.3 is 0 Å². The molecule has 20 heavy (non-hydrogen) atoms. The van der Waals surface area contributed by atoms with Crippen LogP contribution in [0.4, 0.5) is 0 Å². The number of ketones is 1. The molecule has 1 nitrogen and oxygen atoms in total. The van der Waals surface area contributed by atoms with E-state index < -0.39 is 0 Å². The van der Waals surface area contributed by atoms with Crippen molar-refractivity contribution in [3.05, 3.63) is 70.2 Å². The van der Waals surface area contributed by atoms with Crippen LogP contribution in [0.3, 0.4) is 0 Å². The molecule has 0 bridgehead atoms. The van der Waals surface area contributed by atoms with Gasteiger partial charge in [0.15, 0.2) is 5.78 Å². The normalized spacial score (nSPS) is 12.1. The van der Waals surface area contributed by atoms with Crippen LogP contribution < -0.4 is 0 Å². The van der Waals surface area contributed by atoms with Gasteiger partial charge in [0.25, 0.3) is 0 Å². The van der Waals surface area contributed by atoms with E-state index in [0.717, 1.165) is 22.9 Å². The summed E-state index contributed by atoms with van der Waals surface area (Å²) in [5.74, 6) is 0.707. The van der Waals surface area contributed by atoms with Crippen molar-refractivity contribution in [3.8, 4) is 0 Å². The van der Waals surface area contributed by atoms with Gasteiger partial charge >= 0.3 is 0 Å². The highest BCUT2D eigenvalue weighted by atomic mass is 79.9. The molecule has 2 aromatic rings. The molecule has 0 fully saturated rings. The first-order valence-corrected chi connectivity index (χ1v) is 7.80. The first-order chi connectivity index (χ1) is 9.68. The number of benzene rings is 2. The highest BCUT2D eigenvalue weighted by Crippen LogP contribution is 2.28. The number of hydrogen-bond acceptors (Lipinski definition) is 1. The molecule has 0 aliphatic rings. The standard InChI is InChI=1S/C18H19BrO/c1-14(16-11-5-6-12-17(16)19)8-7-13-18(20)15-9-3-2-4-10-15/h2-6,9-12,14H,7-8,13H2,1H3/t14-/m1/s1. The number of hydrogen-bond donors (Lipinski definition) is 0. The van der Waals surface area contributed by atoms with Crippen LogP contribution in [0.25, 0.3) is 0 Å². The average molecular weight is 331 g/mol. The van der Waals surface area contributed by atoms with Gasteiger partial charge in [-0.05, 0) is 30.4 Å². The van der Waals surface area contributed by atoms with Crippen LogP contribution in [0.2, 0.25) is 0 Å². The maximum Gasteiger partial charge on any atom is 0.162 e. The van der Waals surface area contributed by atoms with E-state index in [9.17, 15) is 4.79 Å². The summed E-state index contributed by atoms with van der Waals surface area (Å²) in [5, 5.41) is 0. The molecule has 0 amide bonds. The maximum absolute atomic E-state index is 12.0. The van der Waals surface area contributed by atoms with Crippen molar-refractivity contribution in [2.24, 2.45) is 0 Å². The Morgan fingerprint density at radius 1 is 1.05 bits per heavy atom. The van der Waals surface area contributed by atoms with E-state index in [1.54, 1.807) is 0 Å². The lowest BCUT2D eigenvalue weighted by molar-refractivity contribution is 0.0979. The molecule has 0 unspecified atom stereocenters. The van der Waals surface area contributed by atoms with Crippen molar-refractivity contribution < 1.29 is 4.79 Å². The highest BCUT2D eigenvalue weighted by molar-refractivity contribution is 9.10. The van der Waals surface area contributed by atoms with Gasteiger partial charge in [0.1, 0.15) is 0 Å². The molecule has 0 saturated carbocycles. The minimum Gasteiger partial charge on any atom is -0.294 e. The predicted octanol–water partition coefficient (Wildman–Crippen LogP) is 5.61. The highest BCUT2D eigenvalue weighted by Gasteiger charge is 2.10. The fourth-order valence-corrected chi connectivity index (χ4v) is 3.04. The Morgan fingerprint density at radius 3 is 2.40 bits per heavy atom. The smallest absolute Gasteiger partial charge is 0.162 e. The molecule has 0 radical (unpaired) electrons. The van der Waals surface area contributed by atoms with Gasteiger partial charge in [-0.3, -0.25) is 4.79 Å². The van der Waals surface area contributed by atoms with E-state index in [1.807, 2.05) is 36.4 Å². The Morgan fingerprint density at radius 2 is 1.70 bits per heavy atom. The van der Waals surface area contributed by atoms with Crippen molar-refractivity contribution in [2.75, 3.05) is 0 Å². The monoisotopic (exact) mass is 330 g/mol. The van der Waals surface area contributed by atoms with E-state index in [1.165, 1.54) is 5.56 Å². The van der Waals surface area contributed by atoms with Gasteiger partial charge in [-0.2, -0.15) is 0 Å². The molecule has 0 aliphatic carbocycles. The van der Waals surface area contributed by atoms with Gasteiger partial charge in [0.2, 0.25) is 0 Å². The lowest BCUT2D eigenvalue weighted by atomic mass is 9.94. The number of rotatable bonds is 6. The third-order valence-corrected chi connectivity index (χ3v) is 4.30. The second-order valence-electron chi connectivity index (χ2n) is 5.10. The minimum atomic E-state index is 0.241. The molecule has 2 rings (SSSR count). The Balaban J connectivity index is 1.84. The molecular weight excluding hydrogens is 312 g/mol. The summed E-state index contributed by atoms with van der Waals surface area (Å²) < 4.78 is 1.15. The van der Waals surface area contributed by atoms with Gasteiger partial charge in [-0.15, -0.1) is 0 Å². The summed E-state index contributed by atoms with van der Waals surface area (Å²) >= 11 is 3.59. The van der Waals surface area contributed by atoms with Crippen molar-refractivity contribution in [2.45, 2.75) is 32.1 Å². The largest absolute Gasteiger partial charge is 0.294 e. The quantitative estimate of drug-likeness (QED) is 0.629. The molecule has 104 valence electrons. The van der Waals surface area contributed by atoms with Crippen LogP contribution in [0.15, 0.2) is 59.1 Å². The van der Waals surface area contributed by atoms with Crippen LogP contribution in [-0.2, 0) is 0 Å². The molecule has 2 aromatic carbocycles. The average Bonchev–Trinajstić information content (AvgIpc) is 2.48. The maximum atomic E-state index is 12.0. The summed E-state index contributed by atoms with van der Waals surface area (Å²) in [6, 6.07) is 17.8.